The maximum atomic E-state index is 14.1. The second-order valence-corrected chi connectivity index (χ2v) is 10.6. The predicted molar refractivity (Wildman–Crippen MR) is 146 cm³/mol. The second-order valence-electron chi connectivity index (χ2n) is 10.6. The molecule has 1 aliphatic carbocycles. The maximum Gasteiger partial charge on any atom is 0.330 e. The Labute approximate surface area is 221 Å². The topological polar surface area (TPSA) is 67.8 Å². The number of nitrogens with one attached hydrogen (secondary N) is 1. The van der Waals surface area contributed by atoms with Crippen LogP contribution in [0, 0.1) is 11.7 Å². The van der Waals surface area contributed by atoms with Crippen LogP contribution in [0.25, 0.3) is 6.08 Å². The van der Waals surface area contributed by atoms with Gasteiger partial charge in [-0.1, -0.05) is 43.7 Å². The van der Waals surface area contributed by atoms with Crippen LogP contribution in [0.4, 0.5) is 4.39 Å². The average Bonchev–Trinajstić information content (AvgIpc) is 3.26. The first kappa shape index (κ1) is 29.0. The van der Waals surface area contributed by atoms with Crippen LogP contribution in [0.5, 0.6) is 0 Å². The van der Waals surface area contributed by atoms with Crippen LogP contribution in [0.2, 0.25) is 0 Å². The second kappa shape index (κ2) is 13.8. The number of esters is 1. The van der Waals surface area contributed by atoms with Crippen molar-refractivity contribution in [2.24, 2.45) is 5.92 Å². The van der Waals surface area contributed by atoms with Gasteiger partial charge in [0.2, 0.25) is 0 Å². The van der Waals surface area contributed by atoms with E-state index in [-0.39, 0.29) is 24.6 Å². The van der Waals surface area contributed by atoms with Crippen molar-refractivity contribution >= 4 is 12.0 Å². The minimum atomic E-state index is -0.702. The molecule has 0 radical (unpaired) electrons. The Kier molecular flexibility index (Phi) is 10.9. The first-order valence-corrected chi connectivity index (χ1v) is 13.5. The average molecular weight is 512 g/mol. The molecule has 0 amide bonds. The van der Waals surface area contributed by atoms with Gasteiger partial charge in [0.25, 0.3) is 0 Å². The first-order valence-electron chi connectivity index (χ1n) is 13.5. The van der Waals surface area contributed by atoms with Gasteiger partial charge in [-0.2, -0.15) is 0 Å². The summed E-state index contributed by atoms with van der Waals surface area (Å²) in [5.41, 5.74) is 4.13. The van der Waals surface area contributed by atoms with E-state index in [0.717, 1.165) is 25.7 Å². The number of aliphatic hydroxyl groups is 1. The maximum absolute atomic E-state index is 14.1. The zero-order valence-corrected chi connectivity index (χ0v) is 22.6. The highest BCUT2D eigenvalue weighted by Gasteiger charge is 2.28. The summed E-state index contributed by atoms with van der Waals surface area (Å²) in [4.78, 5) is 11.8. The van der Waals surface area contributed by atoms with Crippen LogP contribution in [-0.4, -0.2) is 42.5 Å². The molecule has 0 spiro atoms. The number of hydrogen-bond donors (Lipinski definition) is 2. The van der Waals surface area contributed by atoms with E-state index >= 15 is 0 Å². The fourth-order valence-electron chi connectivity index (χ4n) is 5.18. The van der Waals surface area contributed by atoms with Gasteiger partial charge in [-0.25, -0.2) is 9.18 Å². The van der Waals surface area contributed by atoms with Gasteiger partial charge in [0, 0.05) is 18.2 Å². The third-order valence-corrected chi connectivity index (χ3v) is 6.87. The number of fused-ring (bicyclic) bond motifs is 1. The number of hydrogen-bond acceptors (Lipinski definition) is 5. The van der Waals surface area contributed by atoms with Gasteiger partial charge in [0.05, 0.1) is 25.4 Å². The number of benzene rings is 2. The van der Waals surface area contributed by atoms with Gasteiger partial charge in [-0.3, -0.25) is 0 Å². The molecule has 3 rings (SSSR count). The van der Waals surface area contributed by atoms with Gasteiger partial charge in [-0.05, 0) is 92.8 Å². The molecule has 2 N–H and O–H groups in total. The van der Waals surface area contributed by atoms with Crippen molar-refractivity contribution in [3.8, 4) is 0 Å². The Hall–Kier alpha value is -2.54. The number of β-amino-alcohol motifs (C(OH)–C–C–N with tert-alkyl or cyclic N) is 1. The third-order valence-electron chi connectivity index (χ3n) is 6.87. The SMILES string of the molecule is CCC[C@@H](OC[C@H](O)CNC(C)(C)CC1Cc2ccccc2C1)c1cc(F)ccc1/C=C/C(=O)OCC. The molecule has 2 atom stereocenters. The lowest BCUT2D eigenvalue weighted by molar-refractivity contribution is -0.137. The predicted octanol–water partition coefficient (Wildman–Crippen LogP) is 5.79. The zero-order chi connectivity index (χ0) is 26.8. The molecule has 0 unspecified atom stereocenters. The molecule has 0 fully saturated rings. The lowest BCUT2D eigenvalue weighted by atomic mass is 9.88. The summed E-state index contributed by atoms with van der Waals surface area (Å²) >= 11 is 0. The zero-order valence-electron chi connectivity index (χ0n) is 22.6. The Balaban J connectivity index is 1.55. The van der Waals surface area contributed by atoms with E-state index in [4.69, 9.17) is 9.47 Å². The molecule has 2 aromatic carbocycles. The van der Waals surface area contributed by atoms with E-state index in [2.05, 4.69) is 43.4 Å². The van der Waals surface area contributed by atoms with Crippen molar-refractivity contribution in [2.75, 3.05) is 19.8 Å². The molecular weight excluding hydrogens is 469 g/mol. The molecule has 0 bridgehead atoms. The number of halogens is 1. The number of rotatable bonds is 14. The lowest BCUT2D eigenvalue weighted by Crippen LogP contribution is -2.45. The molecule has 37 heavy (non-hydrogen) atoms. The van der Waals surface area contributed by atoms with Crippen molar-refractivity contribution in [1.82, 2.24) is 5.32 Å². The fourth-order valence-corrected chi connectivity index (χ4v) is 5.18. The van der Waals surface area contributed by atoms with E-state index < -0.39 is 18.2 Å². The van der Waals surface area contributed by atoms with Crippen molar-refractivity contribution in [2.45, 2.75) is 77.5 Å². The minimum absolute atomic E-state index is 0.121. The summed E-state index contributed by atoms with van der Waals surface area (Å²) < 4.78 is 25.2. The largest absolute Gasteiger partial charge is 0.463 e. The molecule has 0 aliphatic heterocycles. The highest BCUT2D eigenvalue weighted by atomic mass is 19.1. The molecule has 0 saturated carbocycles. The van der Waals surface area contributed by atoms with Crippen LogP contribution < -0.4 is 5.32 Å². The number of aliphatic hydroxyl groups excluding tert-OH is 1. The number of ether oxygens (including phenoxy) is 2. The van der Waals surface area contributed by atoms with Gasteiger partial charge in [-0.15, -0.1) is 0 Å². The van der Waals surface area contributed by atoms with Crippen LogP contribution in [-0.2, 0) is 27.1 Å². The highest BCUT2D eigenvalue weighted by Crippen LogP contribution is 2.32. The van der Waals surface area contributed by atoms with E-state index in [9.17, 15) is 14.3 Å². The number of carbonyl (C=O) groups is 1. The molecule has 6 heteroatoms. The summed E-state index contributed by atoms with van der Waals surface area (Å²) in [5, 5.41) is 14.2. The molecule has 2 aromatic rings. The molecule has 0 aromatic heterocycles. The highest BCUT2D eigenvalue weighted by molar-refractivity contribution is 5.87. The van der Waals surface area contributed by atoms with E-state index in [1.807, 2.05) is 6.92 Å². The van der Waals surface area contributed by atoms with E-state index in [0.29, 0.717) is 30.0 Å². The third kappa shape index (κ3) is 9.06. The smallest absolute Gasteiger partial charge is 0.330 e. The molecule has 0 heterocycles. The normalized spacial score (nSPS) is 15.6. The van der Waals surface area contributed by atoms with Gasteiger partial charge in [0.1, 0.15) is 5.82 Å². The molecule has 1 aliphatic rings. The Morgan fingerprint density at radius 1 is 1.19 bits per heavy atom. The van der Waals surface area contributed by atoms with Gasteiger partial charge in [0.15, 0.2) is 0 Å². The minimum Gasteiger partial charge on any atom is -0.463 e. The van der Waals surface area contributed by atoms with Crippen LogP contribution in [0.1, 0.15) is 75.3 Å². The quantitative estimate of drug-likeness (QED) is 0.248. The molecular formula is C31H42FNO4. The standard InChI is InChI=1S/C31H42FNO4/c1-5-9-29(28-18-26(32)14-12-23(28)13-15-30(35)36-6-2)37-21-27(34)20-33-31(3,4)19-22-16-24-10-7-8-11-25(24)17-22/h7-8,10-15,18,22,27,29,33-34H,5-6,9,16-17,19-21H2,1-4H3/b15-13+/t27-,29-/m1/s1. The molecule has 202 valence electrons. The Bertz CT molecular complexity index is 1030. The summed E-state index contributed by atoms with van der Waals surface area (Å²) in [6, 6.07) is 13.1. The lowest BCUT2D eigenvalue weighted by Gasteiger charge is -2.31. The summed E-state index contributed by atoms with van der Waals surface area (Å²) in [6.07, 6.45) is 6.58. The van der Waals surface area contributed by atoms with Crippen LogP contribution in [0.3, 0.4) is 0 Å². The fraction of sp³-hybridized carbons (Fsp3) is 0.516. The Morgan fingerprint density at radius 2 is 1.89 bits per heavy atom. The van der Waals surface area contributed by atoms with Gasteiger partial charge >= 0.3 is 5.97 Å². The van der Waals surface area contributed by atoms with Crippen molar-refractivity contribution < 1.29 is 23.8 Å². The molecule has 0 saturated heterocycles. The molecule has 5 nitrogen and oxygen atoms in total. The summed E-state index contributed by atoms with van der Waals surface area (Å²) in [6.45, 7) is 8.96. The van der Waals surface area contributed by atoms with Crippen LogP contribution >= 0.6 is 0 Å². The van der Waals surface area contributed by atoms with Crippen molar-refractivity contribution in [3.63, 3.8) is 0 Å². The summed E-state index contributed by atoms with van der Waals surface area (Å²) in [5.74, 6) is -0.223. The monoisotopic (exact) mass is 511 g/mol. The van der Waals surface area contributed by atoms with Gasteiger partial charge < -0.3 is 19.9 Å². The number of carbonyl (C=O) groups excluding carboxylic acids is 1. The van der Waals surface area contributed by atoms with E-state index in [1.165, 1.54) is 29.3 Å². The van der Waals surface area contributed by atoms with E-state index in [1.54, 1.807) is 19.1 Å². The Morgan fingerprint density at radius 3 is 2.54 bits per heavy atom. The first-order chi connectivity index (χ1) is 17.7. The van der Waals surface area contributed by atoms with Crippen molar-refractivity contribution in [1.29, 1.82) is 0 Å². The summed E-state index contributed by atoms with van der Waals surface area (Å²) in [7, 11) is 0. The van der Waals surface area contributed by atoms with Crippen LogP contribution in [0.15, 0.2) is 48.5 Å². The van der Waals surface area contributed by atoms with Crippen molar-refractivity contribution in [3.05, 3.63) is 76.6 Å².